The number of nitrogens with one attached hydrogen (secondary N) is 1. The van der Waals surface area contributed by atoms with Crippen molar-refractivity contribution in [3.05, 3.63) is 52.5 Å². The van der Waals surface area contributed by atoms with Crippen LogP contribution in [-0.4, -0.2) is 56.1 Å². The van der Waals surface area contributed by atoms with Gasteiger partial charge in [0.15, 0.2) is 0 Å². The number of anilines is 1. The van der Waals surface area contributed by atoms with Gasteiger partial charge in [0.05, 0.1) is 14.8 Å². The number of hydrogen-bond acceptors (Lipinski definition) is 5. The van der Waals surface area contributed by atoms with Crippen LogP contribution in [0.1, 0.15) is 22.8 Å². The molecule has 0 saturated heterocycles. The van der Waals surface area contributed by atoms with Gasteiger partial charge >= 0.3 is 6.18 Å². The molecule has 0 aliphatic heterocycles. The molecule has 7 nitrogen and oxygen atoms in total. The fraction of sp³-hybridized carbons (Fsp3) is 0.300. The Hall–Kier alpha value is -2.63. The first kappa shape index (κ1) is 25.6. The lowest BCUT2D eigenvalue weighted by atomic mass is 10.1. The van der Waals surface area contributed by atoms with Crippen LogP contribution in [0.15, 0.2) is 46.2 Å². The number of alkyl halides is 3. The lowest BCUT2D eigenvalue weighted by Crippen LogP contribution is -2.52. The number of amides is 2. The van der Waals surface area contributed by atoms with Gasteiger partial charge in [0.25, 0.3) is 11.8 Å². The van der Waals surface area contributed by atoms with Crippen LogP contribution >= 0.6 is 11.6 Å². The predicted octanol–water partition coefficient (Wildman–Crippen LogP) is 3.43. The molecule has 2 rings (SSSR count). The van der Waals surface area contributed by atoms with Gasteiger partial charge in [-0.05, 0) is 55.8 Å². The van der Waals surface area contributed by atoms with Crippen LogP contribution in [0.3, 0.4) is 0 Å². The van der Waals surface area contributed by atoms with E-state index in [0.29, 0.717) is 6.92 Å². The van der Waals surface area contributed by atoms with Crippen molar-refractivity contribution in [3.8, 4) is 0 Å². The van der Waals surface area contributed by atoms with Gasteiger partial charge < -0.3 is 15.3 Å². The highest BCUT2D eigenvalue weighted by molar-refractivity contribution is 7.91. The fourth-order valence-corrected chi connectivity index (χ4v) is 4.39. The molecule has 174 valence electrons. The SMILES string of the molecule is Cc1c(NC(=O)C(C)(O)C(F)(F)F)ccc(S(=O)(=O)c2ccc(C(=O)N(C)C)cc2)c1Cl. The van der Waals surface area contributed by atoms with E-state index in [1.165, 1.54) is 36.1 Å². The fourth-order valence-electron chi connectivity index (χ4n) is 2.54. The molecule has 0 radical (unpaired) electrons. The number of sulfone groups is 1. The second-order valence-corrected chi connectivity index (χ2v) is 9.60. The maximum absolute atomic E-state index is 13.0. The third-order valence-corrected chi connectivity index (χ3v) is 7.11. The molecule has 12 heteroatoms. The summed E-state index contributed by atoms with van der Waals surface area (Å²) in [5.41, 5.74) is -3.61. The Morgan fingerprint density at radius 3 is 2.06 bits per heavy atom. The largest absolute Gasteiger partial charge is 0.426 e. The Labute approximate surface area is 187 Å². The molecule has 0 bridgehead atoms. The predicted molar refractivity (Wildman–Crippen MR) is 111 cm³/mol. The third-order valence-electron chi connectivity index (χ3n) is 4.70. The number of benzene rings is 2. The van der Waals surface area contributed by atoms with E-state index in [4.69, 9.17) is 11.6 Å². The van der Waals surface area contributed by atoms with E-state index in [1.807, 2.05) is 5.32 Å². The van der Waals surface area contributed by atoms with Crippen LogP contribution in [0.4, 0.5) is 18.9 Å². The highest BCUT2D eigenvalue weighted by atomic mass is 35.5. The summed E-state index contributed by atoms with van der Waals surface area (Å²) >= 11 is 6.17. The molecule has 0 heterocycles. The summed E-state index contributed by atoms with van der Waals surface area (Å²) in [5.74, 6) is -2.07. The van der Waals surface area contributed by atoms with E-state index < -0.39 is 27.5 Å². The maximum atomic E-state index is 13.0. The minimum Gasteiger partial charge on any atom is -0.373 e. The van der Waals surface area contributed by atoms with Gasteiger partial charge in [0.2, 0.25) is 15.4 Å². The smallest absolute Gasteiger partial charge is 0.373 e. The molecule has 2 aromatic rings. The van der Waals surface area contributed by atoms with Crippen molar-refractivity contribution in [3.63, 3.8) is 0 Å². The topological polar surface area (TPSA) is 104 Å². The van der Waals surface area contributed by atoms with Gasteiger partial charge in [0, 0.05) is 25.3 Å². The molecular weight excluding hydrogens is 473 g/mol. The van der Waals surface area contributed by atoms with Crippen LogP contribution < -0.4 is 5.32 Å². The van der Waals surface area contributed by atoms with Crippen molar-refractivity contribution in [2.24, 2.45) is 0 Å². The Balaban J connectivity index is 2.41. The van der Waals surface area contributed by atoms with Gasteiger partial charge in [-0.3, -0.25) is 9.59 Å². The normalized spacial score (nSPS) is 13.9. The number of nitrogens with zero attached hydrogens (tertiary/aromatic N) is 1. The summed E-state index contributed by atoms with van der Waals surface area (Å²) in [6.07, 6.45) is -5.22. The molecule has 0 saturated carbocycles. The summed E-state index contributed by atoms with van der Waals surface area (Å²) in [7, 11) is -1.06. The molecule has 2 amide bonds. The first-order valence-corrected chi connectivity index (χ1v) is 10.8. The van der Waals surface area contributed by atoms with Gasteiger partial charge in [0.1, 0.15) is 0 Å². The highest BCUT2D eigenvalue weighted by Crippen LogP contribution is 2.36. The molecule has 0 aliphatic rings. The van der Waals surface area contributed by atoms with E-state index in [-0.39, 0.29) is 37.5 Å². The minimum absolute atomic E-state index is 0.0153. The van der Waals surface area contributed by atoms with Crippen molar-refractivity contribution in [1.82, 2.24) is 4.90 Å². The van der Waals surface area contributed by atoms with Crippen LogP contribution in [0, 0.1) is 6.92 Å². The van der Waals surface area contributed by atoms with Crippen molar-refractivity contribution in [2.45, 2.75) is 35.4 Å². The first-order valence-electron chi connectivity index (χ1n) is 8.98. The molecule has 0 aliphatic carbocycles. The lowest BCUT2D eigenvalue weighted by Gasteiger charge is -2.25. The van der Waals surface area contributed by atoms with E-state index in [1.54, 1.807) is 14.1 Å². The second-order valence-electron chi connectivity index (χ2n) is 7.30. The van der Waals surface area contributed by atoms with Gasteiger partial charge in [-0.25, -0.2) is 8.42 Å². The Bertz CT molecular complexity index is 1160. The van der Waals surface area contributed by atoms with Crippen LogP contribution in [-0.2, 0) is 14.6 Å². The summed E-state index contributed by atoms with van der Waals surface area (Å²) in [6, 6.07) is 7.24. The molecule has 2 aromatic carbocycles. The van der Waals surface area contributed by atoms with Crippen molar-refractivity contribution < 1.29 is 36.3 Å². The van der Waals surface area contributed by atoms with Gasteiger partial charge in [-0.2, -0.15) is 13.2 Å². The Morgan fingerprint density at radius 2 is 1.59 bits per heavy atom. The van der Waals surface area contributed by atoms with Gasteiger partial charge in [-0.15, -0.1) is 0 Å². The third kappa shape index (κ3) is 4.74. The number of aliphatic hydroxyl groups is 1. The number of rotatable bonds is 5. The zero-order valence-corrected chi connectivity index (χ0v) is 19.0. The number of hydrogen-bond donors (Lipinski definition) is 2. The quantitative estimate of drug-likeness (QED) is 0.665. The van der Waals surface area contributed by atoms with Crippen molar-refractivity contribution in [2.75, 3.05) is 19.4 Å². The van der Waals surface area contributed by atoms with Gasteiger partial charge in [-0.1, -0.05) is 11.6 Å². The minimum atomic E-state index is -5.22. The number of halogens is 4. The lowest BCUT2D eigenvalue weighted by molar-refractivity contribution is -0.242. The van der Waals surface area contributed by atoms with Crippen molar-refractivity contribution in [1.29, 1.82) is 0 Å². The average Bonchev–Trinajstić information content (AvgIpc) is 2.69. The van der Waals surface area contributed by atoms with E-state index >= 15 is 0 Å². The van der Waals surface area contributed by atoms with Crippen molar-refractivity contribution >= 4 is 38.9 Å². The summed E-state index contributed by atoms with van der Waals surface area (Å²) in [5, 5.41) is 11.1. The Morgan fingerprint density at radius 1 is 1.06 bits per heavy atom. The monoisotopic (exact) mass is 492 g/mol. The first-order chi connectivity index (χ1) is 14.5. The summed E-state index contributed by atoms with van der Waals surface area (Å²) in [4.78, 5) is 24.7. The number of carbonyl (C=O) groups is 2. The molecule has 1 atom stereocenters. The highest BCUT2D eigenvalue weighted by Gasteiger charge is 2.55. The molecule has 32 heavy (non-hydrogen) atoms. The molecule has 1 unspecified atom stereocenters. The number of carbonyl (C=O) groups excluding carboxylic acids is 2. The zero-order valence-electron chi connectivity index (χ0n) is 17.4. The molecular formula is C20H20ClF3N2O5S. The average molecular weight is 493 g/mol. The van der Waals surface area contributed by atoms with E-state index in [2.05, 4.69) is 0 Å². The zero-order chi connectivity index (χ0) is 24.6. The molecule has 0 spiro atoms. The summed E-state index contributed by atoms with van der Waals surface area (Å²) < 4.78 is 64.6. The molecule has 0 fully saturated rings. The molecule has 0 aromatic heterocycles. The maximum Gasteiger partial charge on any atom is 0.426 e. The van der Waals surface area contributed by atoms with Crippen LogP contribution in [0.5, 0.6) is 0 Å². The van der Waals surface area contributed by atoms with Crippen LogP contribution in [0.2, 0.25) is 5.02 Å². The standard InChI is InChI=1S/C20H20ClF3N2O5S/c1-11-14(25-18(28)19(2,29)20(22,23)24)9-10-15(16(11)21)32(30,31)13-7-5-12(6-8-13)17(27)26(3)4/h5-10,29H,1-4H3,(H,25,28). The summed E-state index contributed by atoms with van der Waals surface area (Å²) in [6.45, 7) is 1.60. The van der Waals surface area contributed by atoms with E-state index in [9.17, 15) is 36.3 Å². The van der Waals surface area contributed by atoms with Crippen LogP contribution in [0.25, 0.3) is 0 Å². The Kier molecular flexibility index (Phi) is 6.98. The molecule has 2 N–H and O–H groups in total. The second kappa shape index (κ2) is 8.72. The van der Waals surface area contributed by atoms with E-state index in [0.717, 1.165) is 12.1 Å².